The number of allylic oxidation sites excluding steroid dienone is 1. The Morgan fingerprint density at radius 2 is 1.88 bits per heavy atom. The van der Waals surface area contributed by atoms with Crippen LogP contribution in [-0.2, 0) is 9.53 Å². The van der Waals surface area contributed by atoms with Crippen molar-refractivity contribution in [3.8, 4) is 0 Å². The Morgan fingerprint density at radius 1 is 1.18 bits per heavy atom. The van der Waals surface area contributed by atoms with Gasteiger partial charge in [-0.1, -0.05) is 36.4 Å². The molecule has 3 heteroatoms. The van der Waals surface area contributed by atoms with Crippen LogP contribution in [0.3, 0.4) is 0 Å². The van der Waals surface area contributed by atoms with Gasteiger partial charge in [0.15, 0.2) is 5.76 Å². The largest absolute Gasteiger partial charge is 0.492 e. The summed E-state index contributed by atoms with van der Waals surface area (Å²) in [6, 6.07) is 13.9. The molecule has 0 aliphatic heterocycles. The molecule has 0 aliphatic rings. The van der Waals surface area contributed by atoms with E-state index in [4.69, 9.17) is 16.3 Å². The van der Waals surface area contributed by atoms with Gasteiger partial charge in [0.1, 0.15) is 0 Å². The van der Waals surface area contributed by atoms with Crippen LogP contribution in [0.1, 0.15) is 5.56 Å². The number of methoxy groups -OCH3 is 1. The van der Waals surface area contributed by atoms with Crippen LogP contribution in [-0.4, -0.2) is 12.4 Å². The van der Waals surface area contributed by atoms with Crippen molar-refractivity contribution in [3.05, 3.63) is 53.8 Å². The smallest absolute Gasteiger partial charge is 0.287 e. The molecule has 0 unspecified atom stereocenters. The van der Waals surface area contributed by atoms with E-state index in [1.807, 2.05) is 42.5 Å². The van der Waals surface area contributed by atoms with Crippen LogP contribution in [0.4, 0.5) is 0 Å². The number of hydrogen-bond donors (Lipinski definition) is 0. The summed E-state index contributed by atoms with van der Waals surface area (Å²) in [5.41, 5.74) is 0.884. The zero-order chi connectivity index (χ0) is 12.3. The summed E-state index contributed by atoms with van der Waals surface area (Å²) in [5.74, 6) is 0.141. The summed E-state index contributed by atoms with van der Waals surface area (Å²) in [7, 11) is 1.42. The zero-order valence-corrected chi connectivity index (χ0v) is 10.1. The third kappa shape index (κ3) is 2.66. The van der Waals surface area contributed by atoms with E-state index in [1.54, 1.807) is 6.08 Å². The van der Waals surface area contributed by atoms with Crippen molar-refractivity contribution < 1.29 is 9.53 Å². The van der Waals surface area contributed by atoms with Crippen molar-refractivity contribution in [2.24, 2.45) is 0 Å². The SMILES string of the molecule is COC(=Cc1ccc2ccccc2c1)C(=O)Cl. The molecule has 0 fully saturated rings. The molecule has 0 N–H and O–H groups in total. The number of rotatable bonds is 3. The van der Waals surface area contributed by atoms with Crippen LogP contribution in [0, 0.1) is 0 Å². The lowest BCUT2D eigenvalue weighted by molar-refractivity contribution is -0.111. The van der Waals surface area contributed by atoms with Gasteiger partial charge in [-0.3, -0.25) is 4.79 Å². The highest BCUT2D eigenvalue weighted by atomic mass is 35.5. The minimum absolute atomic E-state index is 0.141. The number of carbonyl (C=O) groups excluding carboxylic acids is 1. The van der Waals surface area contributed by atoms with Crippen LogP contribution in [0.2, 0.25) is 0 Å². The molecule has 0 amide bonds. The Kier molecular flexibility index (Phi) is 3.45. The van der Waals surface area contributed by atoms with Crippen molar-refractivity contribution >= 4 is 33.7 Å². The van der Waals surface area contributed by atoms with Crippen molar-refractivity contribution in [2.75, 3.05) is 7.11 Å². The third-order valence-corrected chi connectivity index (χ3v) is 2.67. The Morgan fingerprint density at radius 3 is 2.53 bits per heavy atom. The van der Waals surface area contributed by atoms with Gasteiger partial charge in [-0.25, -0.2) is 0 Å². The van der Waals surface area contributed by atoms with E-state index in [-0.39, 0.29) is 5.76 Å². The van der Waals surface area contributed by atoms with Gasteiger partial charge in [0.2, 0.25) is 0 Å². The van der Waals surface area contributed by atoms with Gasteiger partial charge >= 0.3 is 0 Å². The quantitative estimate of drug-likeness (QED) is 0.470. The predicted octanol–water partition coefficient (Wildman–Crippen LogP) is 3.59. The van der Waals surface area contributed by atoms with Gasteiger partial charge in [0, 0.05) is 0 Å². The summed E-state index contributed by atoms with van der Waals surface area (Å²) in [6.07, 6.45) is 1.63. The molecule has 2 aromatic carbocycles. The fourth-order valence-electron chi connectivity index (χ4n) is 1.64. The average Bonchev–Trinajstić information content (AvgIpc) is 2.35. The van der Waals surface area contributed by atoms with Gasteiger partial charge < -0.3 is 4.74 Å². The first-order valence-corrected chi connectivity index (χ1v) is 5.53. The van der Waals surface area contributed by atoms with Crippen molar-refractivity contribution in [1.82, 2.24) is 0 Å². The monoisotopic (exact) mass is 246 g/mol. The van der Waals surface area contributed by atoms with Gasteiger partial charge in [0.05, 0.1) is 7.11 Å². The predicted molar refractivity (Wildman–Crippen MR) is 69.8 cm³/mol. The molecule has 0 bridgehead atoms. The standard InChI is InChI=1S/C14H11ClO2/c1-17-13(14(15)16)9-10-6-7-11-4-2-3-5-12(11)8-10/h2-9H,1H3. The van der Waals surface area contributed by atoms with E-state index in [9.17, 15) is 4.79 Å². The van der Waals surface area contributed by atoms with E-state index in [1.165, 1.54) is 7.11 Å². The molecular weight excluding hydrogens is 236 g/mol. The topological polar surface area (TPSA) is 26.3 Å². The fraction of sp³-hybridized carbons (Fsp3) is 0.0714. The molecular formula is C14H11ClO2. The van der Waals surface area contributed by atoms with E-state index in [2.05, 4.69) is 0 Å². The first kappa shape index (κ1) is 11.7. The molecule has 86 valence electrons. The van der Waals surface area contributed by atoms with E-state index in [0.29, 0.717) is 0 Å². The molecule has 0 aliphatic carbocycles. The minimum atomic E-state index is -0.597. The maximum atomic E-state index is 11.0. The van der Waals surface area contributed by atoms with Crippen LogP contribution < -0.4 is 0 Å². The normalized spacial score (nSPS) is 11.5. The Hall–Kier alpha value is -1.80. The fourth-order valence-corrected chi connectivity index (χ4v) is 1.78. The van der Waals surface area contributed by atoms with Gasteiger partial charge in [-0.05, 0) is 40.1 Å². The Balaban J connectivity index is 2.46. The second-order valence-electron chi connectivity index (χ2n) is 3.59. The maximum absolute atomic E-state index is 11.0. The highest BCUT2D eigenvalue weighted by molar-refractivity contribution is 6.67. The lowest BCUT2D eigenvalue weighted by Gasteiger charge is -2.02. The van der Waals surface area contributed by atoms with Crippen LogP contribution >= 0.6 is 11.6 Å². The Bertz CT molecular complexity index is 588. The van der Waals surface area contributed by atoms with Crippen molar-refractivity contribution in [3.63, 3.8) is 0 Å². The third-order valence-electron chi connectivity index (χ3n) is 2.48. The molecule has 0 atom stereocenters. The molecule has 17 heavy (non-hydrogen) atoms. The van der Waals surface area contributed by atoms with Crippen LogP contribution in [0.5, 0.6) is 0 Å². The zero-order valence-electron chi connectivity index (χ0n) is 9.31. The molecule has 0 heterocycles. The Labute approximate surface area is 104 Å². The average molecular weight is 247 g/mol. The summed E-state index contributed by atoms with van der Waals surface area (Å²) >= 11 is 5.38. The summed E-state index contributed by atoms with van der Waals surface area (Å²) in [4.78, 5) is 11.0. The first-order valence-electron chi connectivity index (χ1n) is 5.15. The molecule has 2 aromatic rings. The lowest BCUT2D eigenvalue weighted by Crippen LogP contribution is -1.95. The molecule has 0 aromatic heterocycles. The number of fused-ring (bicyclic) bond motifs is 1. The number of hydrogen-bond acceptors (Lipinski definition) is 2. The van der Waals surface area contributed by atoms with Crippen LogP contribution in [0.15, 0.2) is 48.2 Å². The van der Waals surface area contributed by atoms with Gasteiger partial charge in [-0.2, -0.15) is 0 Å². The highest BCUT2D eigenvalue weighted by Crippen LogP contribution is 2.18. The van der Waals surface area contributed by atoms with E-state index in [0.717, 1.165) is 16.3 Å². The van der Waals surface area contributed by atoms with Crippen molar-refractivity contribution in [2.45, 2.75) is 0 Å². The number of benzene rings is 2. The summed E-state index contributed by atoms with van der Waals surface area (Å²) < 4.78 is 4.91. The molecule has 2 nitrogen and oxygen atoms in total. The summed E-state index contributed by atoms with van der Waals surface area (Å²) in [6.45, 7) is 0. The number of carbonyl (C=O) groups is 1. The lowest BCUT2D eigenvalue weighted by atomic mass is 10.1. The highest BCUT2D eigenvalue weighted by Gasteiger charge is 2.05. The molecule has 0 spiro atoms. The second kappa shape index (κ2) is 5.02. The van der Waals surface area contributed by atoms with Gasteiger partial charge in [0.25, 0.3) is 5.24 Å². The van der Waals surface area contributed by atoms with E-state index >= 15 is 0 Å². The molecule has 2 rings (SSSR count). The molecule has 0 saturated carbocycles. The minimum Gasteiger partial charge on any atom is -0.492 e. The second-order valence-corrected chi connectivity index (χ2v) is 3.94. The van der Waals surface area contributed by atoms with Gasteiger partial charge in [-0.15, -0.1) is 0 Å². The molecule has 0 radical (unpaired) electrons. The number of halogens is 1. The first-order chi connectivity index (χ1) is 8.20. The van der Waals surface area contributed by atoms with Crippen molar-refractivity contribution in [1.29, 1.82) is 0 Å². The number of ether oxygens (including phenoxy) is 1. The maximum Gasteiger partial charge on any atom is 0.287 e. The van der Waals surface area contributed by atoms with E-state index < -0.39 is 5.24 Å². The van der Waals surface area contributed by atoms with Crippen LogP contribution in [0.25, 0.3) is 16.8 Å². The molecule has 0 saturated heterocycles. The summed E-state index contributed by atoms with van der Waals surface area (Å²) in [5, 5.41) is 1.67.